The number of phenols is 4. The average molecular weight is 1740 g/mol. The van der Waals surface area contributed by atoms with Crippen LogP contribution in [0.15, 0.2) is 219 Å². The number of halogens is 4. The Hall–Kier alpha value is -15.7. The summed E-state index contributed by atoms with van der Waals surface area (Å²) in [6.45, 7) is 7.39. The van der Waals surface area contributed by atoms with Gasteiger partial charge in [0, 0.05) is 198 Å². The van der Waals surface area contributed by atoms with Gasteiger partial charge in [0.2, 0.25) is 0 Å². The third kappa shape index (κ3) is 17.4. The smallest absolute Gasteiger partial charge is 0.258 e. The number of phenolic OH excluding ortho intramolecular Hbond substituents is 4. The number of aromatic nitrogens is 6. The SMILES string of the molecule is CN1CCN(C(=O)c2c3c(c(O)c4ncccc24)C(=O)N(Cc2ccc(F)cc2)C3)CC1.O=C(NCc1ccccn1)c1c2c(c(O)c3ncccc13)C(=O)N(Cc1ccc(F)cc1)C2.O=C(NCc1ccncc1)c1c2c(c(O)c3ncccc13)C(=O)N(Cc1ccc(F)cc1)C2.O=C1c2c(c(C(=O)N3CCNCC3)c3cccnc3c2O)CN1Cc1ccc(F)cc1. The maximum absolute atomic E-state index is 13.6. The summed E-state index contributed by atoms with van der Waals surface area (Å²) in [6, 6.07) is 46.4. The van der Waals surface area contributed by atoms with E-state index in [1.807, 2.05) is 13.1 Å². The zero-order chi connectivity index (χ0) is 89.8. The lowest BCUT2D eigenvalue weighted by molar-refractivity contribution is 0.0661. The van der Waals surface area contributed by atoms with Crippen molar-refractivity contribution in [2.24, 2.45) is 0 Å². The van der Waals surface area contributed by atoms with Gasteiger partial charge in [0.25, 0.3) is 47.3 Å². The van der Waals surface area contributed by atoms with Crippen LogP contribution >= 0.6 is 0 Å². The normalized spacial score (nSPS) is 14.5. The second-order valence-corrected chi connectivity index (χ2v) is 31.7. The summed E-state index contributed by atoms with van der Waals surface area (Å²) < 4.78 is 53.1. The van der Waals surface area contributed by atoms with Crippen molar-refractivity contribution in [1.29, 1.82) is 0 Å². The number of nitrogens with one attached hydrogen (secondary N) is 3. The minimum absolute atomic E-state index is 0.0753. The maximum Gasteiger partial charge on any atom is 0.258 e. The molecule has 20 rings (SSSR count). The Kier molecular flexibility index (Phi) is 24.4. The number of benzene rings is 8. The molecule has 2 saturated heterocycles. The fourth-order valence-corrected chi connectivity index (χ4v) is 17.1. The first-order valence-corrected chi connectivity index (χ1v) is 41.5. The summed E-state index contributed by atoms with van der Waals surface area (Å²) >= 11 is 0. The number of nitrogens with zero attached hydrogens (tertiary/aromatic N) is 13. The van der Waals surface area contributed by atoms with Crippen LogP contribution in [0.4, 0.5) is 17.6 Å². The molecule has 650 valence electrons. The Labute approximate surface area is 734 Å². The van der Waals surface area contributed by atoms with Crippen LogP contribution in [0.5, 0.6) is 23.0 Å². The van der Waals surface area contributed by atoms with Gasteiger partial charge in [-0.3, -0.25) is 68.3 Å². The highest BCUT2D eigenvalue weighted by Crippen LogP contribution is 2.46. The molecule has 6 aliphatic rings. The molecule has 129 heavy (non-hydrogen) atoms. The third-order valence-electron chi connectivity index (χ3n) is 23.5. The molecule has 2 fully saturated rings. The Balaban J connectivity index is 0.000000121. The standard InChI is InChI=1S/2C25H19FN4O3.C24H23FN4O3.C23H21FN4O3/c26-17-5-3-16(4-6-17)13-30-14-19-20(24(32)29-12-15-7-10-27-11-8-15)18-2-1-9-28-22(18)23(31)21(19)25(30)33;26-16-8-6-15(7-9-16)13-30-14-19-20(24(32)29-12-17-4-1-2-10-27-17)18-5-3-11-28-22(18)23(31)21(19)25(30)33;1-27-9-11-28(12-10-27)23(31)19-17-3-2-8-26-21(17)22(30)20-18(19)14-29(24(20)32)13-15-4-6-16(25)7-5-15;24-15-5-3-14(4-6-15)12-28-13-17-18(22(30)27-10-8-25-9-11-27)16-2-1-7-26-20(16)21(29)19(17)23(28)31/h2*1-11,31H,12-14H2,(H,29,32);2-8,30H,9-14H2,1H3;1-7,25,29H,8-13H2. The number of likely N-dealkylation sites (N-methyl/N-ethyl adjacent to an activating group) is 1. The molecule has 0 spiro atoms. The number of rotatable bonds is 16. The summed E-state index contributed by atoms with van der Waals surface area (Å²) in [5, 5.41) is 54.6. The molecular weight excluding hydrogens is 1660 g/mol. The molecule has 12 heterocycles. The number of pyridine rings is 6. The molecule has 14 aromatic rings. The number of fused-ring (bicyclic) bond motifs is 8. The number of hydrogen-bond acceptors (Lipinski definition) is 20. The van der Waals surface area contributed by atoms with Crippen LogP contribution in [0.2, 0.25) is 0 Å². The summed E-state index contributed by atoms with van der Waals surface area (Å²) in [6.07, 6.45) is 11.0. The van der Waals surface area contributed by atoms with E-state index in [4.69, 9.17) is 0 Å². The molecule has 0 aliphatic carbocycles. The van der Waals surface area contributed by atoms with Gasteiger partial charge in [-0.15, -0.1) is 0 Å². The maximum atomic E-state index is 13.6. The van der Waals surface area contributed by atoms with Crippen molar-refractivity contribution in [2.45, 2.75) is 65.4 Å². The van der Waals surface area contributed by atoms with E-state index in [1.54, 1.807) is 160 Å². The van der Waals surface area contributed by atoms with E-state index in [0.717, 1.165) is 40.9 Å². The second-order valence-electron chi connectivity index (χ2n) is 31.7. The first-order valence-electron chi connectivity index (χ1n) is 41.5. The first-order chi connectivity index (χ1) is 62.5. The molecule has 0 bridgehead atoms. The van der Waals surface area contributed by atoms with E-state index in [1.165, 1.54) is 83.1 Å². The van der Waals surface area contributed by atoms with Crippen molar-refractivity contribution in [3.05, 3.63) is 343 Å². The minimum atomic E-state index is -0.404. The summed E-state index contributed by atoms with van der Waals surface area (Å²) in [5.74, 6) is -4.88. The lowest BCUT2D eigenvalue weighted by Gasteiger charge is -2.33. The van der Waals surface area contributed by atoms with Gasteiger partial charge in [-0.25, -0.2) is 17.6 Å². The van der Waals surface area contributed by atoms with Gasteiger partial charge >= 0.3 is 0 Å². The van der Waals surface area contributed by atoms with Crippen molar-refractivity contribution in [3.63, 3.8) is 0 Å². The molecule has 0 unspecified atom stereocenters. The molecule has 0 atom stereocenters. The van der Waals surface area contributed by atoms with Crippen LogP contribution in [0.25, 0.3) is 43.6 Å². The Bertz CT molecular complexity index is 6560. The van der Waals surface area contributed by atoms with Gasteiger partial charge in [0.05, 0.1) is 56.7 Å². The zero-order valence-electron chi connectivity index (χ0n) is 69.4. The Morgan fingerprint density at radius 3 is 0.992 bits per heavy atom. The predicted molar refractivity (Wildman–Crippen MR) is 467 cm³/mol. The van der Waals surface area contributed by atoms with Crippen LogP contribution in [0, 0.1) is 23.3 Å². The van der Waals surface area contributed by atoms with Crippen molar-refractivity contribution in [2.75, 3.05) is 59.4 Å². The van der Waals surface area contributed by atoms with Gasteiger partial charge in [-0.1, -0.05) is 78.9 Å². The fraction of sp³-hybridized carbons (Fsp3) is 0.196. The number of amides is 8. The van der Waals surface area contributed by atoms with Crippen molar-refractivity contribution < 1.29 is 76.3 Å². The highest BCUT2D eigenvalue weighted by atomic mass is 19.1. The number of piperazine rings is 2. The monoisotopic (exact) mass is 1740 g/mol. The van der Waals surface area contributed by atoms with Crippen LogP contribution in [0.1, 0.15) is 139 Å². The second kappa shape index (κ2) is 36.8. The molecule has 32 heteroatoms. The van der Waals surface area contributed by atoms with Gasteiger partial charge in [-0.2, -0.15) is 0 Å². The summed E-state index contributed by atoms with van der Waals surface area (Å²) in [5.41, 5.74) is 9.30. The number of carbonyl (C=O) groups excluding carboxylic acids is 8. The molecule has 8 aromatic carbocycles. The lowest BCUT2D eigenvalue weighted by Crippen LogP contribution is -2.47. The molecule has 8 amide bonds. The largest absolute Gasteiger partial charge is 0.505 e. The first kappa shape index (κ1) is 85.5. The van der Waals surface area contributed by atoms with Crippen molar-refractivity contribution in [3.8, 4) is 23.0 Å². The van der Waals surface area contributed by atoms with E-state index in [9.17, 15) is 76.3 Å². The fourth-order valence-electron chi connectivity index (χ4n) is 17.1. The van der Waals surface area contributed by atoms with Crippen molar-refractivity contribution >= 4 is 90.9 Å². The van der Waals surface area contributed by atoms with Crippen LogP contribution in [-0.4, -0.2) is 191 Å². The topological polar surface area (TPSA) is 354 Å². The van der Waals surface area contributed by atoms with Gasteiger partial charge in [0.1, 0.15) is 45.3 Å². The zero-order valence-corrected chi connectivity index (χ0v) is 69.4. The minimum Gasteiger partial charge on any atom is -0.505 e. The van der Waals surface area contributed by atoms with E-state index < -0.39 is 11.8 Å². The van der Waals surface area contributed by atoms with Crippen LogP contribution in [0.3, 0.4) is 0 Å². The van der Waals surface area contributed by atoms with E-state index in [-0.39, 0.29) is 191 Å². The third-order valence-corrected chi connectivity index (χ3v) is 23.5. The van der Waals surface area contributed by atoms with Gasteiger partial charge in [-0.05, 0) is 132 Å². The van der Waals surface area contributed by atoms with Gasteiger partial charge in [0.15, 0.2) is 23.0 Å². The highest BCUT2D eigenvalue weighted by molar-refractivity contribution is 6.19. The lowest BCUT2D eigenvalue weighted by atomic mass is 9.95. The van der Waals surface area contributed by atoms with Crippen LogP contribution < -0.4 is 16.0 Å². The quantitative estimate of drug-likeness (QED) is 0.0442. The van der Waals surface area contributed by atoms with E-state index in [2.05, 4.69) is 50.8 Å². The number of aromatic hydroxyl groups is 4. The highest BCUT2D eigenvalue weighted by Gasteiger charge is 2.43. The summed E-state index contributed by atoms with van der Waals surface area (Å²) in [4.78, 5) is 144. The number of hydrogen-bond donors (Lipinski definition) is 7. The molecule has 28 nitrogen and oxygen atoms in total. The Morgan fingerprint density at radius 1 is 0.349 bits per heavy atom. The molecule has 0 saturated carbocycles. The summed E-state index contributed by atoms with van der Waals surface area (Å²) in [7, 11) is 2.02. The average Bonchev–Trinajstić information content (AvgIpc) is 1.64. The van der Waals surface area contributed by atoms with Crippen LogP contribution in [-0.2, 0) is 65.4 Å². The molecule has 7 N–H and O–H groups in total. The van der Waals surface area contributed by atoms with Crippen molar-refractivity contribution in [1.82, 2.24) is 80.2 Å². The van der Waals surface area contributed by atoms with E-state index >= 15 is 0 Å². The van der Waals surface area contributed by atoms with Gasteiger partial charge < -0.3 is 70.7 Å². The molecular formula is C97H82F4N16O12. The Morgan fingerprint density at radius 2 is 0.659 bits per heavy atom. The molecule has 0 radical (unpaired) electrons. The molecule has 6 aromatic heterocycles. The number of carbonyl (C=O) groups is 8. The van der Waals surface area contributed by atoms with E-state index in [0.29, 0.717) is 111 Å². The molecule has 6 aliphatic heterocycles. The predicted octanol–water partition coefficient (Wildman–Crippen LogP) is 12.0.